The topological polar surface area (TPSA) is 78.1 Å². The van der Waals surface area contributed by atoms with Crippen molar-refractivity contribution in [3.05, 3.63) is 83.4 Å². The minimum Gasteiger partial charge on any atom is -0.497 e. The Balaban J connectivity index is 1.71. The van der Waals surface area contributed by atoms with Crippen molar-refractivity contribution in [3.8, 4) is 11.5 Å². The van der Waals surface area contributed by atoms with Gasteiger partial charge in [0.25, 0.3) is 6.02 Å². The number of aliphatic imine (C=N–C) groups is 1. The van der Waals surface area contributed by atoms with Crippen LogP contribution in [0.25, 0.3) is 0 Å². The van der Waals surface area contributed by atoms with Gasteiger partial charge < -0.3 is 25.3 Å². The summed E-state index contributed by atoms with van der Waals surface area (Å²) in [5, 5.41) is 3.44. The minimum atomic E-state index is -0.725. The summed E-state index contributed by atoms with van der Waals surface area (Å²) in [7, 11) is 1.66. The van der Waals surface area contributed by atoms with E-state index in [9.17, 15) is 0 Å². The number of ether oxygens (including phenoxy) is 3. The molecule has 0 spiro atoms. The summed E-state index contributed by atoms with van der Waals surface area (Å²) in [6, 6.07) is 22.3. The maximum Gasteiger partial charge on any atom is 0.283 e. The van der Waals surface area contributed by atoms with Gasteiger partial charge in [0.1, 0.15) is 18.1 Å². The van der Waals surface area contributed by atoms with E-state index < -0.39 is 5.54 Å². The van der Waals surface area contributed by atoms with Gasteiger partial charge in [-0.15, -0.1) is 0 Å². The van der Waals surface area contributed by atoms with Crippen LogP contribution in [-0.2, 0) is 10.3 Å². The van der Waals surface area contributed by atoms with Crippen LogP contribution in [0.2, 0.25) is 0 Å². The fraction of sp³-hybridized carbons (Fsp3) is 0.269. The lowest BCUT2D eigenvalue weighted by molar-refractivity contribution is 0.240. The number of hydrogen-bond donors (Lipinski definition) is 2. The molecule has 6 heteroatoms. The Bertz CT molecular complexity index is 1140. The molecule has 1 heterocycles. The third-order valence-corrected chi connectivity index (χ3v) is 5.44. The van der Waals surface area contributed by atoms with E-state index in [2.05, 4.69) is 23.5 Å². The minimum absolute atomic E-state index is 0.108. The number of anilines is 2. The molecule has 0 aromatic heterocycles. The van der Waals surface area contributed by atoms with E-state index in [1.54, 1.807) is 7.11 Å². The molecule has 0 amide bonds. The van der Waals surface area contributed by atoms with Crippen LogP contribution in [0.4, 0.5) is 11.4 Å². The van der Waals surface area contributed by atoms with Gasteiger partial charge in [-0.1, -0.05) is 24.3 Å². The molecule has 3 aromatic rings. The van der Waals surface area contributed by atoms with Crippen LogP contribution in [0.3, 0.4) is 0 Å². The Morgan fingerprint density at radius 1 is 1.00 bits per heavy atom. The predicted octanol–water partition coefficient (Wildman–Crippen LogP) is 5.12. The van der Waals surface area contributed by atoms with Crippen molar-refractivity contribution in [2.75, 3.05) is 19.0 Å². The van der Waals surface area contributed by atoms with E-state index in [-0.39, 0.29) is 12.1 Å². The first-order valence-electron chi connectivity index (χ1n) is 10.7. The van der Waals surface area contributed by atoms with Crippen molar-refractivity contribution in [2.24, 2.45) is 10.7 Å². The Morgan fingerprint density at radius 3 is 2.38 bits per heavy atom. The van der Waals surface area contributed by atoms with Gasteiger partial charge in [0.2, 0.25) is 0 Å². The SMILES string of the molecule is COc1cccc(Nc2cccc(C3(c4ccc(OC(C)C)c(C)c4)COC(N)=N3)c2)c1. The highest BCUT2D eigenvalue weighted by Crippen LogP contribution is 2.40. The van der Waals surface area contributed by atoms with Gasteiger partial charge in [-0.25, -0.2) is 4.99 Å². The van der Waals surface area contributed by atoms with Crippen LogP contribution in [0.5, 0.6) is 11.5 Å². The second-order valence-electron chi connectivity index (χ2n) is 8.18. The van der Waals surface area contributed by atoms with E-state index in [4.69, 9.17) is 24.9 Å². The number of rotatable bonds is 7. The fourth-order valence-electron chi connectivity index (χ4n) is 3.91. The molecule has 32 heavy (non-hydrogen) atoms. The number of aryl methyl sites for hydroxylation is 1. The van der Waals surface area contributed by atoms with E-state index >= 15 is 0 Å². The molecule has 0 bridgehead atoms. The van der Waals surface area contributed by atoms with Crippen molar-refractivity contribution >= 4 is 17.4 Å². The molecule has 1 aliphatic heterocycles. The number of amidine groups is 1. The first-order chi connectivity index (χ1) is 15.4. The monoisotopic (exact) mass is 431 g/mol. The van der Waals surface area contributed by atoms with Crippen LogP contribution in [-0.4, -0.2) is 25.8 Å². The molecule has 6 nitrogen and oxygen atoms in total. The molecule has 0 saturated heterocycles. The van der Waals surface area contributed by atoms with Crippen LogP contribution >= 0.6 is 0 Å². The predicted molar refractivity (Wildman–Crippen MR) is 128 cm³/mol. The molecule has 0 saturated carbocycles. The van der Waals surface area contributed by atoms with Gasteiger partial charge in [-0.3, -0.25) is 0 Å². The zero-order chi connectivity index (χ0) is 22.7. The Hall–Kier alpha value is -3.67. The number of methoxy groups -OCH3 is 1. The Morgan fingerprint density at radius 2 is 1.72 bits per heavy atom. The van der Waals surface area contributed by atoms with Crippen molar-refractivity contribution in [1.82, 2.24) is 0 Å². The van der Waals surface area contributed by atoms with E-state index in [1.165, 1.54) is 0 Å². The molecule has 4 rings (SSSR count). The number of benzene rings is 3. The van der Waals surface area contributed by atoms with Crippen molar-refractivity contribution in [3.63, 3.8) is 0 Å². The molecular weight excluding hydrogens is 402 g/mol. The molecule has 3 aromatic carbocycles. The third-order valence-electron chi connectivity index (χ3n) is 5.44. The van der Waals surface area contributed by atoms with Gasteiger partial charge in [0.05, 0.1) is 13.2 Å². The number of nitrogens with one attached hydrogen (secondary N) is 1. The zero-order valence-corrected chi connectivity index (χ0v) is 18.9. The van der Waals surface area contributed by atoms with Crippen LogP contribution in [0.15, 0.2) is 71.7 Å². The van der Waals surface area contributed by atoms with Crippen LogP contribution in [0, 0.1) is 6.92 Å². The van der Waals surface area contributed by atoms with E-state index in [1.807, 2.05) is 69.3 Å². The summed E-state index contributed by atoms with van der Waals surface area (Å²) in [5.41, 5.74) is 10.2. The van der Waals surface area contributed by atoms with Gasteiger partial charge >= 0.3 is 0 Å². The smallest absolute Gasteiger partial charge is 0.283 e. The highest BCUT2D eigenvalue weighted by molar-refractivity contribution is 5.75. The van der Waals surface area contributed by atoms with Crippen molar-refractivity contribution < 1.29 is 14.2 Å². The second-order valence-corrected chi connectivity index (χ2v) is 8.18. The lowest BCUT2D eigenvalue weighted by Gasteiger charge is -2.27. The van der Waals surface area contributed by atoms with Crippen LogP contribution < -0.4 is 20.5 Å². The maximum absolute atomic E-state index is 5.99. The van der Waals surface area contributed by atoms with Crippen LogP contribution in [0.1, 0.15) is 30.5 Å². The average Bonchev–Trinajstić information content (AvgIpc) is 3.18. The molecule has 166 valence electrons. The van der Waals surface area contributed by atoms with Gasteiger partial charge in [-0.05, 0) is 73.9 Å². The summed E-state index contributed by atoms with van der Waals surface area (Å²) in [6.07, 6.45) is 0.108. The highest BCUT2D eigenvalue weighted by Gasteiger charge is 2.40. The summed E-state index contributed by atoms with van der Waals surface area (Å²) >= 11 is 0. The fourth-order valence-corrected chi connectivity index (χ4v) is 3.91. The summed E-state index contributed by atoms with van der Waals surface area (Å²) in [6.45, 7) is 6.42. The standard InChI is InChI=1S/C26H29N3O3/c1-17(2)32-24-12-11-20(13-18(24)3)26(16-31-25(27)29-26)19-7-5-8-21(14-19)28-22-9-6-10-23(15-22)30-4/h5-15,17,28H,16H2,1-4H3,(H2,27,29). The van der Waals surface area contributed by atoms with Crippen molar-refractivity contribution in [1.29, 1.82) is 0 Å². The lowest BCUT2D eigenvalue weighted by atomic mass is 9.83. The molecule has 1 atom stereocenters. The largest absolute Gasteiger partial charge is 0.497 e. The molecule has 0 aliphatic carbocycles. The first kappa shape index (κ1) is 21.6. The Kier molecular flexibility index (Phi) is 5.95. The van der Waals surface area contributed by atoms with E-state index in [0.29, 0.717) is 6.61 Å². The average molecular weight is 432 g/mol. The summed E-state index contributed by atoms with van der Waals surface area (Å²) < 4.78 is 16.9. The number of nitrogens with two attached hydrogens (primary N) is 1. The maximum atomic E-state index is 5.99. The number of nitrogens with zero attached hydrogens (tertiary/aromatic N) is 1. The van der Waals surface area contributed by atoms with E-state index in [0.717, 1.165) is 39.6 Å². The highest BCUT2D eigenvalue weighted by atomic mass is 16.5. The summed E-state index contributed by atoms with van der Waals surface area (Å²) in [5.74, 6) is 1.66. The van der Waals surface area contributed by atoms with Gasteiger partial charge in [-0.2, -0.15) is 0 Å². The molecule has 1 aliphatic rings. The molecule has 0 radical (unpaired) electrons. The van der Waals surface area contributed by atoms with Gasteiger partial charge in [0.15, 0.2) is 5.54 Å². The lowest BCUT2D eigenvalue weighted by Crippen LogP contribution is -2.27. The molecular formula is C26H29N3O3. The van der Waals surface area contributed by atoms with Crippen molar-refractivity contribution in [2.45, 2.75) is 32.4 Å². The normalized spacial score (nSPS) is 17.6. The molecule has 1 unspecified atom stereocenters. The van der Waals surface area contributed by atoms with Gasteiger partial charge in [0, 0.05) is 17.4 Å². The zero-order valence-electron chi connectivity index (χ0n) is 18.9. The quantitative estimate of drug-likeness (QED) is 0.543. The Labute approximate surface area is 189 Å². The molecule has 0 fully saturated rings. The second kappa shape index (κ2) is 8.83. The molecule has 3 N–H and O–H groups in total. The first-order valence-corrected chi connectivity index (χ1v) is 10.7. The number of hydrogen-bond acceptors (Lipinski definition) is 6. The third kappa shape index (κ3) is 4.35. The summed E-state index contributed by atoms with van der Waals surface area (Å²) in [4.78, 5) is 4.75.